The number of amides is 3. The van der Waals surface area contributed by atoms with Gasteiger partial charge in [0.15, 0.2) is 6.10 Å². The van der Waals surface area contributed by atoms with Crippen molar-refractivity contribution in [3.63, 3.8) is 0 Å². The number of hydrogen-bond donors (Lipinski definition) is 1. The maximum absolute atomic E-state index is 12.3. The molecule has 0 saturated carbocycles. The van der Waals surface area contributed by atoms with Gasteiger partial charge in [-0.1, -0.05) is 29.8 Å². The molecule has 1 atom stereocenters. The van der Waals surface area contributed by atoms with Crippen LogP contribution in [0.1, 0.15) is 39.6 Å². The molecule has 1 aliphatic heterocycles. The molecule has 29 heavy (non-hydrogen) atoms. The fourth-order valence-electron chi connectivity index (χ4n) is 2.87. The molecule has 3 rings (SSSR count). The SMILES string of the molecule is Cc1ccc(NC(=O)[C@H](C)OC(=O)CCN2C(=O)c3ccccc3C2=O)cc1Cl. The number of fused-ring (bicyclic) bond motifs is 1. The first-order chi connectivity index (χ1) is 13.8. The minimum atomic E-state index is -1.05. The number of nitrogens with one attached hydrogen (secondary N) is 1. The average Bonchev–Trinajstić information content (AvgIpc) is 2.93. The van der Waals surface area contributed by atoms with Gasteiger partial charge in [0.1, 0.15) is 0 Å². The molecule has 150 valence electrons. The first-order valence-corrected chi connectivity index (χ1v) is 9.37. The lowest BCUT2D eigenvalue weighted by Gasteiger charge is -2.16. The Morgan fingerprint density at radius 3 is 2.31 bits per heavy atom. The first kappa shape index (κ1) is 20.5. The topological polar surface area (TPSA) is 92.8 Å². The fraction of sp³-hybridized carbons (Fsp3) is 0.238. The van der Waals surface area contributed by atoms with Crippen molar-refractivity contribution in [3.05, 3.63) is 64.2 Å². The maximum Gasteiger partial charge on any atom is 0.308 e. The highest BCUT2D eigenvalue weighted by molar-refractivity contribution is 6.31. The van der Waals surface area contributed by atoms with Gasteiger partial charge in [0, 0.05) is 17.3 Å². The van der Waals surface area contributed by atoms with Crippen molar-refractivity contribution in [2.75, 3.05) is 11.9 Å². The van der Waals surface area contributed by atoms with Crippen LogP contribution in [0.5, 0.6) is 0 Å². The summed E-state index contributed by atoms with van der Waals surface area (Å²) in [6.45, 7) is 3.16. The van der Waals surface area contributed by atoms with Crippen molar-refractivity contribution < 1.29 is 23.9 Å². The van der Waals surface area contributed by atoms with Crippen LogP contribution in [-0.4, -0.2) is 41.2 Å². The third kappa shape index (κ3) is 4.46. The summed E-state index contributed by atoms with van der Waals surface area (Å²) in [4.78, 5) is 49.9. The van der Waals surface area contributed by atoms with Gasteiger partial charge in [-0.25, -0.2) is 0 Å². The molecule has 2 aromatic carbocycles. The predicted octanol–water partition coefficient (Wildman–Crippen LogP) is 3.20. The van der Waals surface area contributed by atoms with Gasteiger partial charge in [0.05, 0.1) is 17.5 Å². The maximum atomic E-state index is 12.3. The molecule has 0 fully saturated rings. The number of imide groups is 1. The van der Waals surface area contributed by atoms with Gasteiger partial charge >= 0.3 is 5.97 Å². The lowest BCUT2D eigenvalue weighted by atomic mass is 10.1. The molecule has 0 aromatic heterocycles. The summed E-state index contributed by atoms with van der Waals surface area (Å²) in [5.41, 5.74) is 1.99. The summed E-state index contributed by atoms with van der Waals surface area (Å²) < 4.78 is 5.11. The molecule has 2 aromatic rings. The van der Waals surface area contributed by atoms with E-state index in [2.05, 4.69) is 5.32 Å². The summed E-state index contributed by atoms with van der Waals surface area (Å²) in [5, 5.41) is 3.13. The molecule has 0 saturated heterocycles. The summed E-state index contributed by atoms with van der Waals surface area (Å²) >= 11 is 6.03. The molecule has 1 heterocycles. The first-order valence-electron chi connectivity index (χ1n) is 8.99. The van der Waals surface area contributed by atoms with E-state index in [0.717, 1.165) is 10.5 Å². The van der Waals surface area contributed by atoms with Crippen LogP contribution in [-0.2, 0) is 14.3 Å². The number of carbonyl (C=O) groups excluding carboxylic acids is 4. The van der Waals surface area contributed by atoms with Gasteiger partial charge in [-0.3, -0.25) is 24.1 Å². The van der Waals surface area contributed by atoms with E-state index in [0.29, 0.717) is 21.8 Å². The van der Waals surface area contributed by atoms with Gasteiger partial charge in [0.25, 0.3) is 17.7 Å². The normalized spacial score (nSPS) is 13.8. The zero-order valence-corrected chi connectivity index (χ0v) is 16.7. The molecular weight excluding hydrogens is 396 g/mol. The zero-order chi connectivity index (χ0) is 21.1. The van der Waals surface area contributed by atoms with Crippen LogP contribution < -0.4 is 5.32 Å². The number of aryl methyl sites for hydroxylation is 1. The zero-order valence-electron chi connectivity index (χ0n) is 15.9. The number of hydrogen-bond acceptors (Lipinski definition) is 5. The number of carbonyl (C=O) groups is 4. The second-order valence-corrected chi connectivity index (χ2v) is 7.05. The Labute approximate surface area is 172 Å². The van der Waals surface area contributed by atoms with Crippen molar-refractivity contribution in [1.82, 2.24) is 4.90 Å². The molecule has 0 unspecified atom stereocenters. The molecule has 7 nitrogen and oxygen atoms in total. The molecule has 3 amide bonds. The van der Waals surface area contributed by atoms with E-state index in [-0.39, 0.29) is 13.0 Å². The Morgan fingerprint density at radius 2 is 1.72 bits per heavy atom. The van der Waals surface area contributed by atoms with E-state index in [4.69, 9.17) is 16.3 Å². The van der Waals surface area contributed by atoms with E-state index in [1.165, 1.54) is 6.92 Å². The summed E-state index contributed by atoms with van der Waals surface area (Å²) in [7, 11) is 0. The summed E-state index contributed by atoms with van der Waals surface area (Å²) in [6.07, 6.45) is -1.26. The molecule has 1 aliphatic rings. The van der Waals surface area contributed by atoms with Crippen molar-refractivity contribution in [3.8, 4) is 0 Å². The van der Waals surface area contributed by atoms with Crippen LogP contribution in [0.2, 0.25) is 5.02 Å². The second kappa shape index (κ2) is 8.45. The minimum Gasteiger partial charge on any atom is -0.452 e. The fourth-order valence-corrected chi connectivity index (χ4v) is 3.05. The van der Waals surface area contributed by atoms with Crippen LogP contribution in [0.25, 0.3) is 0 Å². The van der Waals surface area contributed by atoms with E-state index in [1.807, 2.05) is 6.92 Å². The van der Waals surface area contributed by atoms with Crippen molar-refractivity contribution >= 4 is 41.0 Å². The van der Waals surface area contributed by atoms with E-state index < -0.39 is 29.8 Å². The lowest BCUT2D eigenvalue weighted by Crippen LogP contribution is -2.34. The quantitative estimate of drug-likeness (QED) is 0.578. The number of ether oxygens (including phenoxy) is 1. The van der Waals surface area contributed by atoms with Crippen molar-refractivity contribution in [1.29, 1.82) is 0 Å². The smallest absolute Gasteiger partial charge is 0.308 e. The Kier molecular flexibility index (Phi) is 5.98. The van der Waals surface area contributed by atoms with Crippen LogP contribution in [0.3, 0.4) is 0 Å². The van der Waals surface area contributed by atoms with Gasteiger partial charge in [-0.15, -0.1) is 0 Å². The van der Waals surface area contributed by atoms with Crippen LogP contribution >= 0.6 is 11.6 Å². The van der Waals surface area contributed by atoms with Gasteiger partial charge in [-0.05, 0) is 43.7 Å². The van der Waals surface area contributed by atoms with Gasteiger partial charge < -0.3 is 10.1 Å². The average molecular weight is 415 g/mol. The Balaban J connectivity index is 1.51. The molecule has 1 N–H and O–H groups in total. The second-order valence-electron chi connectivity index (χ2n) is 6.64. The number of nitrogens with zero attached hydrogens (tertiary/aromatic N) is 1. The molecule has 8 heteroatoms. The molecule has 0 bridgehead atoms. The number of rotatable bonds is 6. The number of benzene rings is 2. The Bertz CT molecular complexity index is 969. The number of anilines is 1. The lowest BCUT2D eigenvalue weighted by molar-refractivity contribution is -0.153. The predicted molar refractivity (Wildman–Crippen MR) is 107 cm³/mol. The van der Waals surface area contributed by atoms with E-state index in [9.17, 15) is 19.2 Å². The Hall–Kier alpha value is -3.19. The van der Waals surface area contributed by atoms with Crippen LogP contribution in [0.15, 0.2) is 42.5 Å². The summed E-state index contributed by atoms with van der Waals surface area (Å²) in [5.74, 6) is -2.09. The third-order valence-electron chi connectivity index (χ3n) is 4.53. The van der Waals surface area contributed by atoms with E-state index in [1.54, 1.807) is 42.5 Å². The molecule has 0 radical (unpaired) electrons. The van der Waals surface area contributed by atoms with E-state index >= 15 is 0 Å². The van der Waals surface area contributed by atoms with Gasteiger partial charge in [-0.2, -0.15) is 0 Å². The highest BCUT2D eigenvalue weighted by atomic mass is 35.5. The largest absolute Gasteiger partial charge is 0.452 e. The number of esters is 1. The summed E-state index contributed by atoms with van der Waals surface area (Å²) in [6, 6.07) is 11.5. The van der Waals surface area contributed by atoms with Crippen LogP contribution in [0.4, 0.5) is 5.69 Å². The number of halogens is 1. The van der Waals surface area contributed by atoms with Gasteiger partial charge in [0.2, 0.25) is 0 Å². The van der Waals surface area contributed by atoms with Crippen molar-refractivity contribution in [2.45, 2.75) is 26.4 Å². The highest BCUT2D eigenvalue weighted by Gasteiger charge is 2.35. The third-order valence-corrected chi connectivity index (χ3v) is 4.94. The van der Waals surface area contributed by atoms with Crippen LogP contribution in [0, 0.1) is 6.92 Å². The minimum absolute atomic E-state index is 0.118. The molecule has 0 aliphatic carbocycles. The van der Waals surface area contributed by atoms with Crippen molar-refractivity contribution in [2.24, 2.45) is 0 Å². The monoisotopic (exact) mass is 414 g/mol. The molecule has 0 spiro atoms. The standard InChI is InChI=1S/C21H19ClN2O5/c1-12-7-8-14(11-17(12)22)23-19(26)13(2)29-18(25)9-10-24-20(27)15-5-3-4-6-16(15)21(24)28/h3-8,11,13H,9-10H2,1-2H3,(H,23,26)/t13-/m0/s1. The molecular formula is C21H19ClN2O5. The highest BCUT2D eigenvalue weighted by Crippen LogP contribution is 2.23. The Morgan fingerprint density at radius 1 is 1.10 bits per heavy atom.